The molecule has 2 aromatic rings. The summed E-state index contributed by atoms with van der Waals surface area (Å²) in [5.74, 6) is -2.94. The molecule has 0 saturated heterocycles. The molecule has 0 unspecified atom stereocenters. The minimum absolute atomic E-state index is 0.102. The van der Waals surface area contributed by atoms with E-state index in [1.54, 1.807) is 30.3 Å². The maximum Gasteiger partial charge on any atom is 0.343 e. The average Bonchev–Trinajstić information content (AvgIpc) is 2.47. The van der Waals surface area contributed by atoms with Gasteiger partial charge in [-0.3, -0.25) is 0 Å². The standard InChI is InChI=1S/C14H10N2O5/c17-13(18)10-7-4-8-11(12(10)14(19)20)16(21)15-9-5-2-1-3-6-9/h1-8H,(H,17,18)(H,19,20). The van der Waals surface area contributed by atoms with Crippen LogP contribution in [0.3, 0.4) is 0 Å². The van der Waals surface area contributed by atoms with Gasteiger partial charge in [0.1, 0.15) is 11.3 Å². The highest BCUT2D eigenvalue weighted by atomic mass is 16.5. The van der Waals surface area contributed by atoms with E-state index in [0.717, 1.165) is 6.07 Å². The fourth-order valence-electron chi connectivity index (χ4n) is 1.76. The van der Waals surface area contributed by atoms with Gasteiger partial charge in [-0.05, 0) is 23.1 Å². The SMILES string of the molecule is O=C(O)c1cccc([N+]([O-])=Nc2ccccc2)c1C(=O)O. The molecule has 106 valence electrons. The molecule has 0 amide bonds. The molecule has 21 heavy (non-hydrogen) atoms. The molecule has 0 fully saturated rings. The molecule has 0 atom stereocenters. The topological polar surface area (TPSA) is 113 Å². The van der Waals surface area contributed by atoms with Crippen LogP contribution in [0.15, 0.2) is 53.6 Å². The van der Waals surface area contributed by atoms with E-state index in [9.17, 15) is 14.8 Å². The van der Waals surface area contributed by atoms with Crippen molar-refractivity contribution in [2.24, 2.45) is 5.11 Å². The second-order valence-electron chi connectivity index (χ2n) is 4.02. The number of carbonyl (C=O) groups is 2. The van der Waals surface area contributed by atoms with E-state index in [2.05, 4.69) is 5.11 Å². The van der Waals surface area contributed by atoms with E-state index in [-0.39, 0.29) is 10.5 Å². The number of hydrogen-bond donors (Lipinski definition) is 2. The van der Waals surface area contributed by atoms with Gasteiger partial charge in [0.2, 0.25) is 0 Å². The van der Waals surface area contributed by atoms with Gasteiger partial charge in [-0.1, -0.05) is 24.3 Å². The van der Waals surface area contributed by atoms with Gasteiger partial charge in [-0.15, -0.1) is 0 Å². The summed E-state index contributed by atoms with van der Waals surface area (Å²) < 4.78 is 0. The lowest BCUT2D eigenvalue weighted by atomic mass is 10.1. The summed E-state index contributed by atoms with van der Waals surface area (Å²) in [5.41, 5.74) is -1.08. The molecule has 0 spiro atoms. The van der Waals surface area contributed by atoms with Crippen LogP contribution in [0, 0.1) is 5.21 Å². The molecule has 0 bridgehead atoms. The Kier molecular flexibility index (Phi) is 3.94. The minimum atomic E-state index is -1.51. The molecule has 7 heteroatoms. The van der Waals surface area contributed by atoms with E-state index in [0.29, 0.717) is 5.69 Å². The summed E-state index contributed by atoms with van der Waals surface area (Å²) in [6, 6.07) is 11.8. The van der Waals surface area contributed by atoms with Crippen molar-refractivity contribution in [1.82, 2.24) is 0 Å². The first-order chi connectivity index (χ1) is 10.0. The van der Waals surface area contributed by atoms with Crippen LogP contribution < -0.4 is 0 Å². The number of rotatable bonds is 4. The lowest BCUT2D eigenvalue weighted by Crippen LogP contribution is -2.11. The third-order valence-electron chi connectivity index (χ3n) is 2.66. The monoisotopic (exact) mass is 286 g/mol. The Morgan fingerprint density at radius 1 is 0.952 bits per heavy atom. The van der Waals surface area contributed by atoms with Crippen molar-refractivity contribution in [2.45, 2.75) is 0 Å². The smallest absolute Gasteiger partial charge is 0.343 e. The van der Waals surface area contributed by atoms with E-state index in [1.807, 2.05) is 0 Å². The molecular formula is C14H10N2O5. The number of carboxylic acid groups (broad SMARTS) is 2. The largest absolute Gasteiger partial charge is 0.594 e. The minimum Gasteiger partial charge on any atom is -0.594 e. The van der Waals surface area contributed by atoms with Crippen molar-refractivity contribution in [3.63, 3.8) is 0 Å². The van der Waals surface area contributed by atoms with Gasteiger partial charge >= 0.3 is 11.9 Å². The van der Waals surface area contributed by atoms with Crippen LogP contribution >= 0.6 is 0 Å². The molecule has 0 aromatic heterocycles. The Hall–Kier alpha value is -3.22. The zero-order valence-electron chi connectivity index (χ0n) is 10.6. The molecule has 0 radical (unpaired) electrons. The van der Waals surface area contributed by atoms with Crippen LogP contribution in [0.2, 0.25) is 0 Å². The number of benzene rings is 2. The summed E-state index contributed by atoms with van der Waals surface area (Å²) in [5, 5.41) is 33.8. The van der Waals surface area contributed by atoms with Crippen LogP contribution in [0.25, 0.3) is 0 Å². The quantitative estimate of drug-likeness (QED) is 0.509. The summed E-state index contributed by atoms with van der Waals surface area (Å²) in [6.45, 7) is 0. The Labute approximate surface area is 119 Å². The van der Waals surface area contributed by atoms with Crippen molar-refractivity contribution in [1.29, 1.82) is 0 Å². The maximum atomic E-state index is 12.0. The maximum absolute atomic E-state index is 12.0. The predicted octanol–water partition coefficient (Wildman–Crippen LogP) is 3.01. The normalized spacial score (nSPS) is 11.1. The Morgan fingerprint density at radius 3 is 2.19 bits per heavy atom. The summed E-state index contributed by atoms with van der Waals surface area (Å²) in [7, 11) is 0. The lowest BCUT2D eigenvalue weighted by Gasteiger charge is -2.06. The van der Waals surface area contributed by atoms with Crippen molar-refractivity contribution < 1.29 is 24.7 Å². The number of nitrogens with zero attached hydrogens (tertiary/aromatic N) is 2. The first-order valence-electron chi connectivity index (χ1n) is 5.84. The number of hydrogen-bond acceptors (Lipinski definition) is 4. The molecule has 2 N–H and O–H groups in total. The first kappa shape index (κ1) is 14.2. The predicted molar refractivity (Wildman–Crippen MR) is 72.2 cm³/mol. The Morgan fingerprint density at radius 2 is 1.62 bits per heavy atom. The fraction of sp³-hybridized carbons (Fsp3) is 0. The van der Waals surface area contributed by atoms with Crippen molar-refractivity contribution in [2.75, 3.05) is 0 Å². The Bertz CT molecular complexity index is 725. The molecule has 0 aliphatic rings. The van der Waals surface area contributed by atoms with E-state index < -0.39 is 23.1 Å². The highest BCUT2D eigenvalue weighted by molar-refractivity contribution is 6.04. The molecule has 2 rings (SSSR count). The second-order valence-corrected chi connectivity index (χ2v) is 4.02. The van der Waals surface area contributed by atoms with Gasteiger partial charge in [-0.2, -0.15) is 0 Å². The number of aromatic carboxylic acids is 2. The zero-order chi connectivity index (χ0) is 15.4. The second kappa shape index (κ2) is 5.83. The van der Waals surface area contributed by atoms with E-state index in [1.165, 1.54) is 12.1 Å². The van der Waals surface area contributed by atoms with Crippen LogP contribution in [0.4, 0.5) is 11.4 Å². The Balaban J connectivity index is 2.58. The van der Waals surface area contributed by atoms with Crippen LogP contribution in [0.1, 0.15) is 20.7 Å². The van der Waals surface area contributed by atoms with Gasteiger partial charge in [0, 0.05) is 11.2 Å². The highest BCUT2D eigenvalue weighted by Crippen LogP contribution is 2.24. The van der Waals surface area contributed by atoms with Gasteiger partial charge in [0.15, 0.2) is 0 Å². The molecule has 0 aliphatic heterocycles. The van der Waals surface area contributed by atoms with Gasteiger partial charge in [0.05, 0.1) is 5.56 Å². The summed E-state index contributed by atoms with van der Waals surface area (Å²) in [4.78, 5) is 22.4. The van der Waals surface area contributed by atoms with Gasteiger partial charge in [-0.25, -0.2) is 9.59 Å². The van der Waals surface area contributed by atoms with Gasteiger partial charge in [0.25, 0.3) is 5.69 Å². The van der Waals surface area contributed by atoms with Crippen molar-refractivity contribution >= 4 is 23.3 Å². The summed E-state index contributed by atoms with van der Waals surface area (Å²) >= 11 is 0. The molecule has 7 nitrogen and oxygen atoms in total. The lowest BCUT2D eigenvalue weighted by molar-refractivity contribution is -0.435. The van der Waals surface area contributed by atoms with Crippen molar-refractivity contribution in [3.05, 3.63) is 64.9 Å². The third kappa shape index (κ3) is 3.03. The number of carboxylic acids is 2. The van der Waals surface area contributed by atoms with E-state index in [4.69, 9.17) is 10.2 Å². The van der Waals surface area contributed by atoms with Crippen molar-refractivity contribution in [3.8, 4) is 0 Å². The fourth-order valence-corrected chi connectivity index (χ4v) is 1.76. The number of azo groups is 1. The molecule has 0 saturated carbocycles. The van der Waals surface area contributed by atoms with Crippen LogP contribution in [-0.4, -0.2) is 27.0 Å². The zero-order valence-corrected chi connectivity index (χ0v) is 10.6. The highest BCUT2D eigenvalue weighted by Gasteiger charge is 2.25. The molecule has 2 aromatic carbocycles. The molecule has 0 heterocycles. The first-order valence-corrected chi connectivity index (χ1v) is 5.84. The molecular weight excluding hydrogens is 276 g/mol. The van der Waals surface area contributed by atoms with E-state index >= 15 is 0 Å². The third-order valence-corrected chi connectivity index (χ3v) is 2.66. The average molecular weight is 286 g/mol. The van der Waals surface area contributed by atoms with Gasteiger partial charge < -0.3 is 15.4 Å². The van der Waals surface area contributed by atoms with Crippen LogP contribution in [0.5, 0.6) is 0 Å². The molecule has 0 aliphatic carbocycles. The summed E-state index contributed by atoms with van der Waals surface area (Å²) in [6.07, 6.45) is 0. The van der Waals surface area contributed by atoms with Crippen LogP contribution in [-0.2, 0) is 0 Å².